The van der Waals surface area contributed by atoms with E-state index in [1.54, 1.807) is 5.32 Å². The molecule has 1 aromatic heterocycles. The summed E-state index contributed by atoms with van der Waals surface area (Å²) in [5.41, 5.74) is 3.30. The summed E-state index contributed by atoms with van der Waals surface area (Å²) in [6.45, 7) is 0. The lowest BCUT2D eigenvalue weighted by Gasteiger charge is -2.02. The molecule has 2 rings (SSSR count). The highest BCUT2D eigenvalue weighted by atomic mass is 16.6. The van der Waals surface area contributed by atoms with Gasteiger partial charge in [-0.15, -0.1) is 0 Å². The number of H-pyrrole nitrogens is 1. The van der Waals surface area contributed by atoms with Gasteiger partial charge in [-0.3, -0.25) is 25.0 Å². The fraction of sp³-hybridized carbons (Fsp3) is 0. The molecule has 0 fully saturated rings. The second-order valence-corrected chi connectivity index (χ2v) is 3.69. The normalized spacial score (nSPS) is 10.2. The molecule has 0 saturated heterocycles. The van der Waals surface area contributed by atoms with E-state index in [1.165, 1.54) is 12.1 Å². The zero-order valence-electron chi connectivity index (χ0n) is 9.75. The molecule has 0 spiro atoms. The molecule has 0 bridgehead atoms. The number of nitro benzene ring substituents is 1. The number of fused-ring (bicyclic) bond motifs is 1. The van der Waals surface area contributed by atoms with Crippen LogP contribution in [0.25, 0.3) is 11.0 Å². The molecule has 0 atom stereocenters. The Bertz CT molecular complexity index is 796. The van der Waals surface area contributed by atoms with Crippen LogP contribution in [0.3, 0.4) is 0 Å². The predicted octanol–water partition coefficient (Wildman–Crippen LogP) is -0.360. The molecule has 3 amide bonds. The number of imide groups is 1. The first kappa shape index (κ1) is 13.1. The van der Waals surface area contributed by atoms with E-state index in [1.807, 2.05) is 0 Å². The molecule has 1 heterocycles. The Kier molecular flexibility index (Phi) is 3.13. The summed E-state index contributed by atoms with van der Waals surface area (Å²) in [7, 11) is 0. The quantitative estimate of drug-likeness (QED) is 0.501. The van der Waals surface area contributed by atoms with Crippen LogP contribution in [-0.2, 0) is 0 Å². The van der Waals surface area contributed by atoms with Gasteiger partial charge in [-0.25, -0.2) is 9.78 Å². The maximum atomic E-state index is 11.6. The summed E-state index contributed by atoms with van der Waals surface area (Å²) in [6.07, 6.45) is 0. The number of non-ortho nitro benzene ring substituents is 1. The number of hydrogen-bond acceptors (Lipinski definition) is 6. The molecular weight excluding hydrogens is 270 g/mol. The zero-order chi connectivity index (χ0) is 14.9. The first-order valence-electron chi connectivity index (χ1n) is 5.18. The number of nitrogens with two attached hydrogens (primary N) is 1. The van der Waals surface area contributed by atoms with Crippen molar-refractivity contribution in [3.8, 4) is 0 Å². The number of benzene rings is 1. The maximum Gasteiger partial charge on any atom is 0.319 e. The molecule has 4 N–H and O–H groups in total. The third kappa shape index (κ3) is 2.43. The zero-order valence-corrected chi connectivity index (χ0v) is 9.75. The molecule has 0 aliphatic carbocycles. The minimum atomic E-state index is -1.14. The number of hydrogen-bond donors (Lipinski definition) is 3. The molecule has 10 heteroatoms. The minimum absolute atomic E-state index is 0.0356. The van der Waals surface area contributed by atoms with Crippen LogP contribution in [0.4, 0.5) is 10.5 Å². The Morgan fingerprint density at radius 2 is 2.10 bits per heavy atom. The van der Waals surface area contributed by atoms with E-state index in [-0.39, 0.29) is 16.7 Å². The SMILES string of the molecule is NC(=O)NC(=O)c1nc2cc([N+](=O)[O-])ccc2[nH]c1=O. The fourth-order valence-electron chi connectivity index (χ4n) is 1.51. The summed E-state index contributed by atoms with van der Waals surface area (Å²) in [5, 5.41) is 12.3. The highest BCUT2D eigenvalue weighted by Gasteiger charge is 2.16. The van der Waals surface area contributed by atoms with Crippen LogP contribution in [-0.4, -0.2) is 26.8 Å². The van der Waals surface area contributed by atoms with Crippen molar-refractivity contribution in [3.63, 3.8) is 0 Å². The van der Waals surface area contributed by atoms with Crippen LogP contribution in [0.5, 0.6) is 0 Å². The van der Waals surface area contributed by atoms with E-state index < -0.39 is 28.1 Å². The van der Waals surface area contributed by atoms with Gasteiger partial charge in [0.1, 0.15) is 0 Å². The number of primary amides is 1. The van der Waals surface area contributed by atoms with E-state index >= 15 is 0 Å². The number of urea groups is 1. The van der Waals surface area contributed by atoms with Crippen LogP contribution >= 0.6 is 0 Å². The van der Waals surface area contributed by atoms with Gasteiger partial charge in [0.15, 0.2) is 5.69 Å². The van der Waals surface area contributed by atoms with Gasteiger partial charge in [0.25, 0.3) is 17.2 Å². The first-order chi connectivity index (χ1) is 9.38. The van der Waals surface area contributed by atoms with Gasteiger partial charge in [0.2, 0.25) is 0 Å². The van der Waals surface area contributed by atoms with E-state index in [0.717, 1.165) is 6.07 Å². The van der Waals surface area contributed by atoms with Crippen LogP contribution < -0.4 is 16.6 Å². The standard InChI is InChI=1S/C10H7N5O5/c11-10(18)14-9(17)7-8(16)13-5-2-1-4(15(19)20)3-6(5)12-7/h1-3H,(H,13,16)(H3,11,14,17,18). The lowest BCUT2D eigenvalue weighted by atomic mass is 10.2. The van der Waals surface area contributed by atoms with E-state index in [4.69, 9.17) is 5.73 Å². The number of amides is 3. The van der Waals surface area contributed by atoms with E-state index in [2.05, 4.69) is 9.97 Å². The summed E-state index contributed by atoms with van der Waals surface area (Å²) in [6, 6.07) is 2.42. The molecule has 10 nitrogen and oxygen atoms in total. The predicted molar refractivity (Wildman–Crippen MR) is 66.1 cm³/mol. The van der Waals surface area contributed by atoms with Gasteiger partial charge < -0.3 is 10.7 Å². The van der Waals surface area contributed by atoms with Gasteiger partial charge in [-0.2, -0.15) is 0 Å². The van der Waals surface area contributed by atoms with Crippen molar-refractivity contribution in [2.24, 2.45) is 5.73 Å². The number of aromatic nitrogens is 2. The monoisotopic (exact) mass is 277 g/mol. The lowest BCUT2D eigenvalue weighted by molar-refractivity contribution is -0.384. The third-order valence-corrected chi connectivity index (χ3v) is 2.34. The van der Waals surface area contributed by atoms with Gasteiger partial charge in [-0.1, -0.05) is 0 Å². The summed E-state index contributed by atoms with van der Waals surface area (Å²) in [5.74, 6) is -1.09. The Labute approximate surface area is 109 Å². The highest BCUT2D eigenvalue weighted by molar-refractivity contribution is 6.03. The largest absolute Gasteiger partial charge is 0.351 e. The summed E-state index contributed by atoms with van der Waals surface area (Å²) < 4.78 is 0. The Balaban J connectivity index is 2.59. The van der Waals surface area contributed by atoms with Crippen molar-refractivity contribution in [1.82, 2.24) is 15.3 Å². The number of nitro groups is 1. The average Bonchev–Trinajstić information content (AvgIpc) is 2.36. The second-order valence-electron chi connectivity index (χ2n) is 3.69. The molecule has 102 valence electrons. The minimum Gasteiger partial charge on any atom is -0.351 e. The lowest BCUT2D eigenvalue weighted by Crippen LogP contribution is -2.38. The molecule has 0 aliphatic heterocycles. The Hall–Kier alpha value is -3.30. The number of rotatable bonds is 2. The van der Waals surface area contributed by atoms with Crippen molar-refractivity contribution in [3.05, 3.63) is 44.4 Å². The average molecular weight is 277 g/mol. The molecular formula is C10H7N5O5. The van der Waals surface area contributed by atoms with Gasteiger partial charge in [0, 0.05) is 12.1 Å². The highest BCUT2D eigenvalue weighted by Crippen LogP contribution is 2.16. The van der Waals surface area contributed by atoms with Crippen molar-refractivity contribution >= 4 is 28.7 Å². The smallest absolute Gasteiger partial charge is 0.319 e. The topological polar surface area (TPSA) is 161 Å². The van der Waals surface area contributed by atoms with Crippen LogP contribution in [0.15, 0.2) is 23.0 Å². The Morgan fingerprint density at radius 3 is 2.70 bits per heavy atom. The second kappa shape index (κ2) is 4.76. The Morgan fingerprint density at radius 1 is 1.40 bits per heavy atom. The maximum absolute atomic E-state index is 11.6. The van der Waals surface area contributed by atoms with Crippen LogP contribution in [0.2, 0.25) is 0 Å². The van der Waals surface area contributed by atoms with Crippen molar-refractivity contribution in [2.45, 2.75) is 0 Å². The fourth-order valence-corrected chi connectivity index (χ4v) is 1.51. The molecule has 0 saturated carbocycles. The van der Waals surface area contributed by atoms with E-state index in [9.17, 15) is 24.5 Å². The van der Waals surface area contributed by atoms with Gasteiger partial charge in [-0.05, 0) is 6.07 Å². The molecule has 0 aliphatic rings. The number of nitrogens with zero attached hydrogens (tertiary/aromatic N) is 2. The summed E-state index contributed by atoms with van der Waals surface area (Å²) in [4.78, 5) is 49.7. The van der Waals surface area contributed by atoms with Crippen LogP contribution in [0.1, 0.15) is 10.5 Å². The number of carbonyl (C=O) groups is 2. The molecule has 0 radical (unpaired) electrons. The van der Waals surface area contributed by atoms with Crippen molar-refractivity contribution < 1.29 is 14.5 Å². The molecule has 1 aromatic carbocycles. The molecule has 2 aromatic rings. The third-order valence-electron chi connectivity index (χ3n) is 2.34. The first-order valence-corrected chi connectivity index (χ1v) is 5.18. The van der Waals surface area contributed by atoms with Crippen LogP contribution in [0, 0.1) is 10.1 Å². The molecule has 0 unspecified atom stereocenters. The van der Waals surface area contributed by atoms with Crippen molar-refractivity contribution in [1.29, 1.82) is 0 Å². The van der Waals surface area contributed by atoms with Gasteiger partial charge >= 0.3 is 6.03 Å². The summed E-state index contributed by atoms with van der Waals surface area (Å²) >= 11 is 0. The van der Waals surface area contributed by atoms with Gasteiger partial charge in [0.05, 0.1) is 16.0 Å². The number of aromatic amines is 1. The molecule has 20 heavy (non-hydrogen) atoms. The van der Waals surface area contributed by atoms with E-state index in [0.29, 0.717) is 0 Å². The number of nitrogens with one attached hydrogen (secondary N) is 2. The van der Waals surface area contributed by atoms with Crippen molar-refractivity contribution in [2.75, 3.05) is 0 Å². The number of carbonyl (C=O) groups excluding carboxylic acids is 2.